The number of nitrogens with zero attached hydrogens (tertiary/aromatic N) is 2. The summed E-state index contributed by atoms with van der Waals surface area (Å²) in [6.45, 7) is 5.30. The molecule has 2 heterocycles. The summed E-state index contributed by atoms with van der Waals surface area (Å²) in [5.74, 6) is -11.5. The number of amides is 8. The monoisotopic (exact) mass is 956 g/mol. The molecule has 2 aliphatic rings. The highest BCUT2D eigenvalue weighted by atomic mass is 16.4. The molecule has 2 fully saturated rings. The van der Waals surface area contributed by atoms with Crippen molar-refractivity contribution in [3.05, 3.63) is 0 Å². The van der Waals surface area contributed by atoms with Crippen LogP contribution in [0.5, 0.6) is 0 Å². The molecule has 0 aromatic carbocycles. The number of nitrogens with two attached hydrogens (primary N) is 2. The minimum atomic E-state index is -1.68. The van der Waals surface area contributed by atoms with E-state index in [9.17, 15) is 78.3 Å². The number of carbonyl (C=O) groups excluding carboxylic acids is 8. The summed E-state index contributed by atoms with van der Waals surface area (Å²) >= 11 is 0. The molecule has 0 saturated carbocycles. The second kappa shape index (κ2) is 27.6. The lowest BCUT2D eigenvalue weighted by Gasteiger charge is -2.32. The van der Waals surface area contributed by atoms with Crippen LogP contribution in [0.2, 0.25) is 0 Å². The molecule has 0 unspecified atom stereocenters. The zero-order chi connectivity index (χ0) is 50.7. The highest BCUT2D eigenvalue weighted by molar-refractivity contribution is 5.99. The Balaban J connectivity index is 2.15. The highest BCUT2D eigenvalue weighted by Gasteiger charge is 2.43. The number of rotatable bonds is 28. The number of unbranched alkanes of at least 4 members (excludes halogenated alkanes) is 1. The van der Waals surface area contributed by atoms with E-state index in [0.29, 0.717) is 12.8 Å². The van der Waals surface area contributed by atoms with Gasteiger partial charge in [0.2, 0.25) is 47.3 Å². The average molecular weight is 957 g/mol. The SMILES string of the molecule is CC(C)C[C@H](N)C(=O)N[C@@H](CC(=O)O)C(=O)N[C@@H](CO)C(=O)N1CCC[C@H]1C(=O)N[C@@H](C)C(=O)N[C@H](C(=O)N1CCC[C@H]1C(=O)N[C@@H](CCC(=O)O)C(=O)N[C@@H](CCCCN)C(=O)O)[C@@H](C)O. The Morgan fingerprint density at radius 2 is 1.16 bits per heavy atom. The number of nitrogens with one attached hydrogen (secondary N) is 6. The first kappa shape index (κ1) is 57.1. The maximum absolute atomic E-state index is 13.9. The van der Waals surface area contributed by atoms with Gasteiger partial charge in [0.1, 0.15) is 48.3 Å². The molecular formula is C41H68N10O16. The van der Waals surface area contributed by atoms with Crippen molar-refractivity contribution in [2.75, 3.05) is 26.2 Å². The van der Waals surface area contributed by atoms with E-state index in [-0.39, 0.29) is 64.1 Å². The van der Waals surface area contributed by atoms with Crippen molar-refractivity contribution in [3.63, 3.8) is 0 Å². The number of carboxylic acids is 3. The fraction of sp³-hybridized carbons (Fsp3) is 0.732. The molecule has 0 aromatic rings. The Bertz CT molecular complexity index is 1800. The van der Waals surface area contributed by atoms with Crippen LogP contribution in [0.4, 0.5) is 0 Å². The van der Waals surface area contributed by atoms with Crippen LogP contribution >= 0.6 is 0 Å². The first-order valence-corrected chi connectivity index (χ1v) is 22.3. The molecular weight excluding hydrogens is 889 g/mol. The van der Waals surface area contributed by atoms with Crippen molar-refractivity contribution in [1.29, 1.82) is 0 Å². The van der Waals surface area contributed by atoms with Crippen molar-refractivity contribution < 1.29 is 78.3 Å². The molecule has 67 heavy (non-hydrogen) atoms. The highest BCUT2D eigenvalue weighted by Crippen LogP contribution is 2.21. The lowest BCUT2D eigenvalue weighted by atomic mass is 10.0. The number of likely N-dealkylation sites (tertiary alicyclic amines) is 2. The molecule has 26 nitrogen and oxygen atoms in total. The molecule has 0 spiro atoms. The third kappa shape index (κ3) is 18.0. The molecule has 0 bridgehead atoms. The van der Waals surface area contributed by atoms with E-state index in [4.69, 9.17) is 11.5 Å². The van der Waals surface area contributed by atoms with Gasteiger partial charge in [-0.2, -0.15) is 0 Å². The molecule has 0 aliphatic carbocycles. The van der Waals surface area contributed by atoms with Gasteiger partial charge in [0.25, 0.3) is 0 Å². The molecule has 8 amide bonds. The fourth-order valence-corrected chi connectivity index (χ4v) is 7.59. The summed E-state index contributed by atoms with van der Waals surface area (Å²) in [5, 5.41) is 63.0. The smallest absolute Gasteiger partial charge is 0.326 e. The maximum atomic E-state index is 13.9. The van der Waals surface area contributed by atoms with Crippen LogP contribution in [-0.4, -0.2) is 187 Å². The molecule has 378 valence electrons. The lowest BCUT2D eigenvalue weighted by molar-refractivity contribution is -0.145. The maximum Gasteiger partial charge on any atom is 0.326 e. The van der Waals surface area contributed by atoms with Gasteiger partial charge in [0.05, 0.1) is 25.2 Å². The van der Waals surface area contributed by atoms with Crippen molar-refractivity contribution in [3.8, 4) is 0 Å². The van der Waals surface area contributed by atoms with Crippen LogP contribution in [0, 0.1) is 5.92 Å². The Hall–Kier alpha value is -5.99. The number of hydrogen-bond acceptors (Lipinski definition) is 15. The first-order valence-electron chi connectivity index (χ1n) is 22.3. The molecule has 2 saturated heterocycles. The lowest BCUT2D eigenvalue weighted by Crippen LogP contribution is -2.61. The number of carboxylic acid groups (broad SMARTS) is 3. The van der Waals surface area contributed by atoms with Gasteiger partial charge >= 0.3 is 17.9 Å². The Kier molecular flexibility index (Phi) is 23.5. The normalized spacial score (nSPS) is 19.4. The molecule has 2 aliphatic heterocycles. The summed E-state index contributed by atoms with van der Waals surface area (Å²) in [5.41, 5.74) is 11.3. The van der Waals surface area contributed by atoms with Gasteiger partial charge in [0, 0.05) is 19.5 Å². The van der Waals surface area contributed by atoms with Gasteiger partial charge in [-0.3, -0.25) is 47.9 Å². The summed E-state index contributed by atoms with van der Waals surface area (Å²) in [4.78, 5) is 144. The van der Waals surface area contributed by atoms with Crippen LogP contribution < -0.4 is 43.4 Å². The second-order valence-corrected chi connectivity index (χ2v) is 17.2. The van der Waals surface area contributed by atoms with Crippen molar-refractivity contribution >= 4 is 65.2 Å². The van der Waals surface area contributed by atoms with Gasteiger partial charge in [-0.1, -0.05) is 13.8 Å². The Morgan fingerprint density at radius 3 is 1.67 bits per heavy atom. The predicted octanol–water partition coefficient (Wildman–Crippen LogP) is -4.80. The first-order chi connectivity index (χ1) is 31.4. The van der Waals surface area contributed by atoms with E-state index >= 15 is 0 Å². The molecule has 15 N–H and O–H groups in total. The zero-order valence-corrected chi connectivity index (χ0v) is 38.2. The standard InChI is InChI=1S/C41H68N10O16/c1-20(2)17-23(43)34(59)47-26(18-31(56)57)36(61)48-27(19-52)39(64)50-15-7-10-28(50)37(62)44-21(3)33(58)49-32(22(4)53)40(65)51-16-8-11-29(51)38(63)45-24(12-13-30(54)55)35(60)46-25(41(66)67)9-5-6-14-42/h20-29,32,52-53H,5-19,42-43H2,1-4H3,(H,44,62)(H,45,63)(H,46,60)(H,47,59)(H,48,61)(H,49,58)(H,54,55)(H,56,57)(H,66,67)/t21-,22+,23-,24-,25-,26-,27-,28-,29-,32-/m0/s1. The van der Waals surface area contributed by atoms with Gasteiger partial charge in [-0.15, -0.1) is 0 Å². The molecule has 10 atom stereocenters. The summed E-state index contributed by atoms with van der Waals surface area (Å²) in [6, 6.07) is -12.8. The van der Waals surface area contributed by atoms with Gasteiger partial charge < -0.3 is 78.7 Å². The van der Waals surface area contributed by atoms with E-state index in [1.54, 1.807) is 13.8 Å². The van der Waals surface area contributed by atoms with Crippen LogP contribution in [-0.2, 0) is 52.7 Å². The third-order valence-electron chi connectivity index (χ3n) is 11.2. The largest absolute Gasteiger partial charge is 0.481 e. The van der Waals surface area contributed by atoms with Crippen LogP contribution in [0.1, 0.15) is 98.3 Å². The fourth-order valence-electron chi connectivity index (χ4n) is 7.59. The summed E-state index contributed by atoms with van der Waals surface area (Å²) in [6.07, 6.45) is -1.64. The zero-order valence-electron chi connectivity index (χ0n) is 38.2. The minimum absolute atomic E-state index is 0.00132. The minimum Gasteiger partial charge on any atom is -0.481 e. The average Bonchev–Trinajstić information content (AvgIpc) is 3.95. The number of aliphatic carboxylic acids is 3. The summed E-state index contributed by atoms with van der Waals surface area (Å²) < 4.78 is 0. The van der Waals surface area contributed by atoms with Crippen LogP contribution in [0.25, 0.3) is 0 Å². The van der Waals surface area contributed by atoms with E-state index in [1.807, 2.05) is 0 Å². The predicted molar refractivity (Wildman–Crippen MR) is 233 cm³/mol. The molecule has 26 heteroatoms. The van der Waals surface area contributed by atoms with Gasteiger partial charge in [0.15, 0.2) is 0 Å². The molecule has 2 rings (SSSR count). The van der Waals surface area contributed by atoms with E-state index < -0.39 is 152 Å². The summed E-state index contributed by atoms with van der Waals surface area (Å²) in [7, 11) is 0. The van der Waals surface area contributed by atoms with E-state index in [2.05, 4.69) is 31.9 Å². The van der Waals surface area contributed by atoms with E-state index in [0.717, 1.165) is 9.80 Å². The van der Waals surface area contributed by atoms with Gasteiger partial charge in [-0.25, -0.2) is 4.79 Å². The molecule has 0 aromatic heterocycles. The van der Waals surface area contributed by atoms with Crippen LogP contribution in [0.3, 0.4) is 0 Å². The number of aliphatic hydroxyl groups excluding tert-OH is 2. The number of hydrogen-bond donors (Lipinski definition) is 13. The number of aliphatic hydroxyl groups is 2. The van der Waals surface area contributed by atoms with Crippen molar-refractivity contribution in [2.45, 2.75) is 159 Å². The van der Waals surface area contributed by atoms with Crippen LogP contribution in [0.15, 0.2) is 0 Å². The second-order valence-electron chi connectivity index (χ2n) is 17.2. The third-order valence-corrected chi connectivity index (χ3v) is 11.2. The molecule has 0 radical (unpaired) electrons. The van der Waals surface area contributed by atoms with E-state index in [1.165, 1.54) is 13.8 Å². The number of carbonyl (C=O) groups is 11. The van der Waals surface area contributed by atoms with Crippen molar-refractivity contribution in [2.24, 2.45) is 17.4 Å². The Labute approximate surface area is 387 Å². The van der Waals surface area contributed by atoms with Crippen molar-refractivity contribution in [1.82, 2.24) is 41.7 Å². The topological polar surface area (TPSA) is 420 Å². The Morgan fingerprint density at radius 1 is 0.627 bits per heavy atom. The quantitative estimate of drug-likeness (QED) is 0.0327. The van der Waals surface area contributed by atoms with Gasteiger partial charge in [-0.05, 0) is 84.1 Å².